The summed E-state index contributed by atoms with van der Waals surface area (Å²) in [4.78, 5) is 12.0. The number of rotatable bonds is 4. The van der Waals surface area contributed by atoms with E-state index in [-0.39, 0.29) is 17.2 Å². The van der Waals surface area contributed by atoms with Crippen molar-refractivity contribution in [3.8, 4) is 5.75 Å². The van der Waals surface area contributed by atoms with Crippen molar-refractivity contribution in [3.63, 3.8) is 0 Å². The highest BCUT2D eigenvalue weighted by atomic mass is 19.1. The lowest BCUT2D eigenvalue weighted by Gasteiger charge is -2.08. The Morgan fingerprint density at radius 1 is 1.29 bits per heavy atom. The van der Waals surface area contributed by atoms with Crippen LogP contribution in [0.15, 0.2) is 36.4 Å². The zero-order chi connectivity index (χ0) is 15.4. The number of nitrogens with one attached hydrogen (secondary N) is 1. The normalized spacial score (nSPS) is 10.2. The van der Waals surface area contributed by atoms with Gasteiger partial charge in [-0.3, -0.25) is 4.79 Å². The van der Waals surface area contributed by atoms with E-state index in [4.69, 9.17) is 10.5 Å². The van der Waals surface area contributed by atoms with Gasteiger partial charge in [0.15, 0.2) is 0 Å². The van der Waals surface area contributed by atoms with Gasteiger partial charge in [0.25, 0.3) is 5.91 Å². The number of nitrogens with two attached hydrogens (primary N) is 1. The molecule has 4 nitrogen and oxygen atoms in total. The van der Waals surface area contributed by atoms with E-state index in [9.17, 15) is 9.18 Å². The summed E-state index contributed by atoms with van der Waals surface area (Å²) in [5, 5.41) is 2.72. The van der Waals surface area contributed by atoms with Gasteiger partial charge in [-0.15, -0.1) is 0 Å². The highest BCUT2D eigenvalue weighted by Gasteiger charge is 2.10. The highest BCUT2D eigenvalue weighted by Crippen LogP contribution is 2.17. The molecule has 2 aromatic rings. The first-order valence-electron chi connectivity index (χ1n) is 6.48. The van der Waals surface area contributed by atoms with Gasteiger partial charge in [0.1, 0.15) is 11.6 Å². The van der Waals surface area contributed by atoms with Crippen molar-refractivity contribution in [3.05, 3.63) is 58.9 Å². The van der Waals surface area contributed by atoms with E-state index in [0.29, 0.717) is 12.1 Å². The number of benzene rings is 2. The SMILES string of the molecule is COc1ccc(CNC(=O)c2cc(N)c(C)c(F)c2)cc1. The quantitative estimate of drug-likeness (QED) is 0.850. The molecule has 3 N–H and O–H groups in total. The van der Waals surface area contributed by atoms with Gasteiger partial charge in [0.05, 0.1) is 7.11 Å². The van der Waals surface area contributed by atoms with Gasteiger partial charge in [-0.1, -0.05) is 12.1 Å². The fraction of sp³-hybridized carbons (Fsp3) is 0.188. The molecule has 0 saturated heterocycles. The molecule has 2 rings (SSSR count). The second kappa shape index (κ2) is 6.26. The molecule has 0 radical (unpaired) electrons. The Kier molecular flexibility index (Phi) is 4.42. The molecule has 2 aromatic carbocycles. The van der Waals surface area contributed by atoms with Crippen molar-refractivity contribution in [2.24, 2.45) is 0 Å². The Morgan fingerprint density at radius 3 is 2.52 bits per heavy atom. The third-order valence-corrected chi connectivity index (χ3v) is 3.26. The molecular weight excluding hydrogens is 271 g/mol. The van der Waals surface area contributed by atoms with Gasteiger partial charge in [-0.05, 0) is 36.8 Å². The van der Waals surface area contributed by atoms with Gasteiger partial charge in [-0.25, -0.2) is 4.39 Å². The molecule has 0 aromatic heterocycles. The van der Waals surface area contributed by atoms with Crippen molar-refractivity contribution in [2.75, 3.05) is 12.8 Å². The van der Waals surface area contributed by atoms with Crippen LogP contribution in [0.5, 0.6) is 5.75 Å². The van der Waals surface area contributed by atoms with E-state index >= 15 is 0 Å². The predicted octanol–water partition coefficient (Wildman–Crippen LogP) is 2.65. The van der Waals surface area contributed by atoms with Crippen LogP contribution in [0.25, 0.3) is 0 Å². The number of methoxy groups -OCH3 is 1. The number of hydrogen-bond donors (Lipinski definition) is 2. The van der Waals surface area contributed by atoms with E-state index in [1.165, 1.54) is 12.1 Å². The lowest BCUT2D eigenvalue weighted by atomic mass is 10.1. The molecule has 0 atom stereocenters. The number of amides is 1. The zero-order valence-electron chi connectivity index (χ0n) is 11.9. The van der Waals surface area contributed by atoms with Crippen LogP contribution in [0.1, 0.15) is 21.5 Å². The van der Waals surface area contributed by atoms with Gasteiger partial charge < -0.3 is 15.8 Å². The Hall–Kier alpha value is -2.56. The van der Waals surface area contributed by atoms with Crippen LogP contribution in [-0.2, 0) is 6.54 Å². The monoisotopic (exact) mass is 288 g/mol. The van der Waals surface area contributed by atoms with E-state index in [1.807, 2.05) is 24.3 Å². The molecular formula is C16H17FN2O2. The first-order valence-corrected chi connectivity index (χ1v) is 6.48. The molecule has 110 valence electrons. The lowest BCUT2D eigenvalue weighted by Crippen LogP contribution is -2.23. The maximum absolute atomic E-state index is 13.6. The van der Waals surface area contributed by atoms with Gasteiger partial charge in [0, 0.05) is 23.4 Å². The minimum absolute atomic E-state index is 0.212. The second-order valence-electron chi connectivity index (χ2n) is 4.70. The largest absolute Gasteiger partial charge is 0.497 e. The van der Waals surface area contributed by atoms with Crippen molar-refractivity contribution in [1.82, 2.24) is 5.32 Å². The summed E-state index contributed by atoms with van der Waals surface area (Å²) in [6, 6.07) is 9.99. The Balaban J connectivity index is 2.04. The van der Waals surface area contributed by atoms with E-state index in [1.54, 1.807) is 14.0 Å². The van der Waals surface area contributed by atoms with Crippen LogP contribution in [0.3, 0.4) is 0 Å². The average Bonchev–Trinajstić information content (AvgIpc) is 2.50. The van der Waals surface area contributed by atoms with Gasteiger partial charge >= 0.3 is 0 Å². The van der Waals surface area contributed by atoms with E-state index in [2.05, 4.69) is 5.32 Å². The molecule has 0 aliphatic carbocycles. The molecule has 0 aliphatic heterocycles. The van der Waals surface area contributed by atoms with Gasteiger partial charge in [0.2, 0.25) is 0 Å². The molecule has 1 amide bonds. The van der Waals surface area contributed by atoms with Crippen molar-refractivity contribution < 1.29 is 13.9 Å². The number of hydrogen-bond acceptors (Lipinski definition) is 3. The van der Waals surface area contributed by atoms with Crippen LogP contribution in [0.2, 0.25) is 0 Å². The molecule has 5 heteroatoms. The number of carbonyl (C=O) groups is 1. The van der Waals surface area contributed by atoms with Crippen LogP contribution in [0.4, 0.5) is 10.1 Å². The maximum atomic E-state index is 13.6. The molecule has 0 aliphatic rings. The Bertz CT molecular complexity index is 631. The lowest BCUT2D eigenvalue weighted by molar-refractivity contribution is 0.0950. The summed E-state index contributed by atoms with van der Waals surface area (Å²) < 4.78 is 18.6. The fourth-order valence-electron chi connectivity index (χ4n) is 1.86. The predicted molar refractivity (Wildman–Crippen MR) is 79.7 cm³/mol. The molecule has 0 fully saturated rings. The highest BCUT2D eigenvalue weighted by molar-refractivity contribution is 5.95. The Labute approximate surface area is 122 Å². The van der Waals surface area contributed by atoms with Crippen LogP contribution in [0, 0.1) is 12.7 Å². The van der Waals surface area contributed by atoms with Crippen molar-refractivity contribution in [2.45, 2.75) is 13.5 Å². The van der Waals surface area contributed by atoms with Crippen LogP contribution >= 0.6 is 0 Å². The smallest absolute Gasteiger partial charge is 0.251 e. The molecule has 0 spiro atoms. The zero-order valence-corrected chi connectivity index (χ0v) is 11.9. The van der Waals surface area contributed by atoms with Crippen LogP contribution < -0.4 is 15.8 Å². The minimum atomic E-state index is -0.482. The molecule has 21 heavy (non-hydrogen) atoms. The molecule has 0 heterocycles. The van der Waals surface area contributed by atoms with E-state index in [0.717, 1.165) is 11.3 Å². The number of halogens is 1. The Morgan fingerprint density at radius 2 is 1.95 bits per heavy atom. The third-order valence-electron chi connectivity index (χ3n) is 3.26. The second-order valence-corrected chi connectivity index (χ2v) is 4.70. The number of carbonyl (C=O) groups excluding carboxylic acids is 1. The number of ether oxygens (including phenoxy) is 1. The van der Waals surface area contributed by atoms with Crippen molar-refractivity contribution >= 4 is 11.6 Å². The maximum Gasteiger partial charge on any atom is 0.251 e. The van der Waals surface area contributed by atoms with E-state index < -0.39 is 5.82 Å². The molecule has 0 bridgehead atoms. The first kappa shape index (κ1) is 14.8. The third kappa shape index (κ3) is 3.51. The minimum Gasteiger partial charge on any atom is -0.497 e. The standard InChI is InChI=1S/C16H17FN2O2/c1-10-14(17)7-12(8-15(10)18)16(20)19-9-11-3-5-13(21-2)6-4-11/h3-8H,9,18H2,1-2H3,(H,19,20). The summed E-state index contributed by atoms with van der Waals surface area (Å²) in [5.41, 5.74) is 7.41. The van der Waals surface area contributed by atoms with Crippen LogP contribution in [-0.4, -0.2) is 13.0 Å². The summed E-state index contributed by atoms with van der Waals surface area (Å²) in [6.45, 7) is 1.92. The number of anilines is 1. The first-order chi connectivity index (χ1) is 10.0. The summed E-state index contributed by atoms with van der Waals surface area (Å²) in [7, 11) is 1.59. The topological polar surface area (TPSA) is 64.3 Å². The molecule has 0 unspecified atom stereocenters. The fourth-order valence-corrected chi connectivity index (χ4v) is 1.86. The average molecular weight is 288 g/mol. The van der Waals surface area contributed by atoms with Crippen molar-refractivity contribution in [1.29, 1.82) is 0 Å². The summed E-state index contributed by atoms with van der Waals surface area (Å²) >= 11 is 0. The summed E-state index contributed by atoms with van der Waals surface area (Å²) in [5.74, 6) is -0.0977. The molecule has 0 saturated carbocycles. The number of nitrogen functional groups attached to an aromatic ring is 1. The summed E-state index contributed by atoms with van der Waals surface area (Å²) in [6.07, 6.45) is 0. The van der Waals surface area contributed by atoms with Gasteiger partial charge in [-0.2, -0.15) is 0 Å².